The molecular formula is C10H13N. The summed E-state index contributed by atoms with van der Waals surface area (Å²) < 4.78 is 0. The van der Waals surface area contributed by atoms with Crippen molar-refractivity contribution >= 4 is 0 Å². The van der Waals surface area contributed by atoms with E-state index >= 15 is 0 Å². The number of benzene rings is 1. The van der Waals surface area contributed by atoms with Gasteiger partial charge in [0.1, 0.15) is 0 Å². The molecule has 1 nitrogen and oxygen atoms in total. The summed E-state index contributed by atoms with van der Waals surface area (Å²) >= 11 is 0. The lowest BCUT2D eigenvalue weighted by atomic mass is 10.00. The van der Waals surface area contributed by atoms with Gasteiger partial charge in [-0.15, -0.1) is 6.58 Å². The Labute approximate surface area is 67.5 Å². The zero-order chi connectivity index (χ0) is 8.10. The Balaban J connectivity index is 2.82. The van der Waals surface area contributed by atoms with E-state index in [-0.39, 0.29) is 0 Å². The molecule has 1 aromatic rings. The largest absolute Gasteiger partial charge is 0.330 e. The highest BCUT2D eigenvalue weighted by molar-refractivity contribution is 5.23. The molecule has 0 radical (unpaired) electrons. The lowest BCUT2D eigenvalue weighted by molar-refractivity contribution is 0.851. The number of nitrogens with two attached hydrogens (primary N) is 1. The van der Waals surface area contributed by atoms with E-state index in [0.717, 1.165) is 0 Å². The maximum atomic E-state index is 5.54. The van der Waals surface area contributed by atoms with E-state index < -0.39 is 0 Å². The molecule has 0 spiro atoms. The normalized spacial score (nSPS) is 12.5. The Bertz CT molecular complexity index is 216. The smallest absolute Gasteiger partial charge is 0.0138 e. The fourth-order valence-corrected chi connectivity index (χ4v) is 1.07. The van der Waals surface area contributed by atoms with Crippen LogP contribution in [0.4, 0.5) is 0 Å². The molecule has 1 unspecified atom stereocenters. The average Bonchev–Trinajstić information content (AvgIpc) is 2.09. The first-order chi connectivity index (χ1) is 5.38. The average molecular weight is 147 g/mol. The highest BCUT2D eigenvalue weighted by atomic mass is 14.5. The fourth-order valence-electron chi connectivity index (χ4n) is 1.07. The van der Waals surface area contributed by atoms with E-state index in [1.807, 2.05) is 24.3 Å². The molecule has 0 amide bonds. The van der Waals surface area contributed by atoms with Gasteiger partial charge in [-0.2, -0.15) is 0 Å². The molecule has 0 bridgehead atoms. The first-order valence-corrected chi connectivity index (χ1v) is 3.76. The predicted octanol–water partition coefficient (Wildman–Crippen LogP) is 1.91. The molecule has 1 heteroatoms. The molecule has 0 aliphatic rings. The van der Waals surface area contributed by atoms with Crippen molar-refractivity contribution < 1.29 is 0 Å². The van der Waals surface area contributed by atoms with E-state index in [9.17, 15) is 0 Å². The Kier molecular flexibility index (Phi) is 2.87. The number of hydrogen-bond acceptors (Lipinski definition) is 1. The lowest BCUT2D eigenvalue weighted by Gasteiger charge is -2.08. The van der Waals surface area contributed by atoms with E-state index in [2.05, 4.69) is 18.7 Å². The van der Waals surface area contributed by atoms with Gasteiger partial charge in [-0.1, -0.05) is 36.4 Å². The standard InChI is InChI=1S/C10H13N/c1-2-9(8-11)10-6-4-3-5-7-10/h2-7,9H,1,8,11H2. The Morgan fingerprint density at radius 2 is 2.00 bits per heavy atom. The summed E-state index contributed by atoms with van der Waals surface area (Å²) in [5.74, 6) is 0.302. The number of rotatable bonds is 3. The van der Waals surface area contributed by atoms with E-state index in [4.69, 9.17) is 5.73 Å². The van der Waals surface area contributed by atoms with Crippen LogP contribution in [0.15, 0.2) is 43.0 Å². The zero-order valence-corrected chi connectivity index (χ0v) is 6.53. The van der Waals surface area contributed by atoms with Crippen LogP contribution < -0.4 is 5.73 Å². The molecule has 1 atom stereocenters. The number of hydrogen-bond donors (Lipinski definition) is 1. The van der Waals surface area contributed by atoms with Crippen LogP contribution in [-0.4, -0.2) is 6.54 Å². The highest BCUT2D eigenvalue weighted by Crippen LogP contribution is 2.13. The van der Waals surface area contributed by atoms with Crippen LogP contribution in [0.25, 0.3) is 0 Å². The van der Waals surface area contributed by atoms with Crippen LogP contribution in [0.2, 0.25) is 0 Å². The van der Waals surface area contributed by atoms with Crippen molar-refractivity contribution in [2.24, 2.45) is 5.73 Å². The molecule has 0 saturated heterocycles. The van der Waals surface area contributed by atoms with E-state index in [1.165, 1.54) is 5.56 Å². The van der Waals surface area contributed by atoms with Crippen molar-refractivity contribution in [1.29, 1.82) is 0 Å². The molecule has 1 rings (SSSR count). The molecule has 0 aromatic heterocycles. The van der Waals surface area contributed by atoms with Gasteiger partial charge >= 0.3 is 0 Å². The fraction of sp³-hybridized carbons (Fsp3) is 0.200. The first-order valence-electron chi connectivity index (χ1n) is 3.76. The van der Waals surface area contributed by atoms with Crippen LogP contribution in [0.5, 0.6) is 0 Å². The molecule has 0 saturated carbocycles. The molecule has 58 valence electrons. The molecule has 2 N–H and O–H groups in total. The lowest BCUT2D eigenvalue weighted by Crippen LogP contribution is -2.09. The molecule has 0 heterocycles. The van der Waals surface area contributed by atoms with Crippen molar-refractivity contribution in [3.63, 3.8) is 0 Å². The Hall–Kier alpha value is -1.08. The summed E-state index contributed by atoms with van der Waals surface area (Å²) in [5, 5.41) is 0. The third-order valence-electron chi connectivity index (χ3n) is 1.77. The van der Waals surface area contributed by atoms with Gasteiger partial charge in [0.2, 0.25) is 0 Å². The maximum Gasteiger partial charge on any atom is 0.0138 e. The van der Waals surface area contributed by atoms with Crippen LogP contribution in [0.3, 0.4) is 0 Å². The molecule has 11 heavy (non-hydrogen) atoms. The minimum absolute atomic E-state index is 0.302. The van der Waals surface area contributed by atoms with Crippen LogP contribution in [0.1, 0.15) is 11.5 Å². The van der Waals surface area contributed by atoms with Gasteiger partial charge < -0.3 is 5.73 Å². The summed E-state index contributed by atoms with van der Waals surface area (Å²) in [4.78, 5) is 0. The SMILES string of the molecule is C=CC(CN)c1ccccc1. The maximum absolute atomic E-state index is 5.54. The van der Waals surface area contributed by atoms with Gasteiger partial charge in [0.25, 0.3) is 0 Å². The Morgan fingerprint density at radius 3 is 2.45 bits per heavy atom. The highest BCUT2D eigenvalue weighted by Gasteiger charge is 2.01. The van der Waals surface area contributed by atoms with Gasteiger partial charge in [0.05, 0.1) is 0 Å². The van der Waals surface area contributed by atoms with Crippen LogP contribution in [0, 0.1) is 0 Å². The van der Waals surface area contributed by atoms with Crippen molar-refractivity contribution in [3.05, 3.63) is 48.6 Å². The quantitative estimate of drug-likeness (QED) is 0.649. The minimum Gasteiger partial charge on any atom is -0.330 e. The van der Waals surface area contributed by atoms with Gasteiger partial charge in [-0.3, -0.25) is 0 Å². The van der Waals surface area contributed by atoms with Crippen molar-refractivity contribution in [3.8, 4) is 0 Å². The van der Waals surface area contributed by atoms with Crippen molar-refractivity contribution in [2.75, 3.05) is 6.54 Å². The zero-order valence-electron chi connectivity index (χ0n) is 6.53. The third kappa shape index (κ3) is 1.92. The minimum atomic E-state index is 0.302. The molecule has 0 aliphatic carbocycles. The summed E-state index contributed by atoms with van der Waals surface area (Å²) in [6.45, 7) is 4.36. The van der Waals surface area contributed by atoms with Gasteiger partial charge in [-0.05, 0) is 5.56 Å². The molecule has 1 aromatic carbocycles. The monoisotopic (exact) mass is 147 g/mol. The summed E-state index contributed by atoms with van der Waals surface area (Å²) in [6, 6.07) is 10.2. The van der Waals surface area contributed by atoms with Gasteiger partial charge in [-0.25, -0.2) is 0 Å². The van der Waals surface area contributed by atoms with Gasteiger partial charge in [0, 0.05) is 12.5 Å². The van der Waals surface area contributed by atoms with E-state index in [0.29, 0.717) is 12.5 Å². The summed E-state index contributed by atoms with van der Waals surface area (Å²) in [7, 11) is 0. The second-order valence-corrected chi connectivity index (χ2v) is 2.49. The predicted molar refractivity (Wildman–Crippen MR) is 48.4 cm³/mol. The van der Waals surface area contributed by atoms with Gasteiger partial charge in [0.15, 0.2) is 0 Å². The summed E-state index contributed by atoms with van der Waals surface area (Å²) in [5.41, 5.74) is 6.78. The third-order valence-corrected chi connectivity index (χ3v) is 1.77. The summed E-state index contributed by atoms with van der Waals surface area (Å²) in [6.07, 6.45) is 1.88. The second-order valence-electron chi connectivity index (χ2n) is 2.49. The van der Waals surface area contributed by atoms with Crippen LogP contribution >= 0.6 is 0 Å². The molecule has 0 aliphatic heterocycles. The first kappa shape index (κ1) is 8.02. The molecule has 0 fully saturated rings. The topological polar surface area (TPSA) is 26.0 Å². The van der Waals surface area contributed by atoms with E-state index in [1.54, 1.807) is 0 Å². The molecular weight excluding hydrogens is 134 g/mol. The Morgan fingerprint density at radius 1 is 1.36 bits per heavy atom. The van der Waals surface area contributed by atoms with Crippen molar-refractivity contribution in [2.45, 2.75) is 5.92 Å². The van der Waals surface area contributed by atoms with Crippen LogP contribution in [-0.2, 0) is 0 Å². The van der Waals surface area contributed by atoms with Crippen molar-refractivity contribution in [1.82, 2.24) is 0 Å². The second kappa shape index (κ2) is 3.94.